The molecule has 2 amide bonds. The Morgan fingerprint density at radius 2 is 2.39 bits per heavy atom. The van der Waals surface area contributed by atoms with Gasteiger partial charge >= 0.3 is 6.03 Å². The molecule has 118 valence electrons. The second-order valence-electron chi connectivity index (χ2n) is 5.66. The van der Waals surface area contributed by atoms with Gasteiger partial charge in [-0.15, -0.1) is 5.92 Å². The Hall–Kier alpha value is -2.26. The van der Waals surface area contributed by atoms with E-state index in [0.717, 1.165) is 34.4 Å². The van der Waals surface area contributed by atoms with E-state index in [1.165, 1.54) is 11.3 Å². The fourth-order valence-electron chi connectivity index (χ4n) is 3.22. The highest BCUT2D eigenvalue weighted by Crippen LogP contribution is 2.39. The number of urea groups is 1. The van der Waals surface area contributed by atoms with Crippen molar-refractivity contribution in [1.29, 1.82) is 0 Å². The molecule has 0 aliphatic carbocycles. The number of fused-ring (bicyclic) bond motifs is 3. The molecule has 2 atom stereocenters. The molecular weight excluding hydrogens is 310 g/mol. The number of anilines is 1. The topological polar surface area (TPSA) is 54.5 Å². The van der Waals surface area contributed by atoms with E-state index in [9.17, 15) is 4.79 Å². The highest BCUT2D eigenvalue weighted by Gasteiger charge is 2.40. The van der Waals surface area contributed by atoms with Crippen LogP contribution in [0.25, 0.3) is 10.2 Å². The fraction of sp³-hybridized carbons (Fsp3) is 0.412. The van der Waals surface area contributed by atoms with Gasteiger partial charge in [0.2, 0.25) is 0 Å². The van der Waals surface area contributed by atoms with Gasteiger partial charge < -0.3 is 10.1 Å². The number of nitrogens with one attached hydrogen (secondary N) is 1. The SMILES string of the molecule is CC#CC1C(CC)NC(=O)N1c1nc2c3c(ccc2s1)OCC3. The number of nitrogens with zero attached hydrogens (tertiary/aromatic N) is 2. The van der Waals surface area contributed by atoms with Crippen LogP contribution in [0.4, 0.5) is 9.93 Å². The minimum absolute atomic E-state index is 0.0380. The lowest BCUT2D eigenvalue weighted by Crippen LogP contribution is -2.35. The number of carbonyl (C=O) groups excluding carboxylic acids is 1. The Bertz CT molecular complexity index is 849. The molecule has 1 aromatic heterocycles. The van der Waals surface area contributed by atoms with Crippen molar-refractivity contribution in [3.63, 3.8) is 0 Å². The van der Waals surface area contributed by atoms with E-state index in [1.54, 1.807) is 11.8 Å². The smallest absolute Gasteiger partial charge is 0.325 e. The largest absolute Gasteiger partial charge is 0.493 e. The number of carbonyl (C=O) groups is 1. The first-order chi connectivity index (χ1) is 11.2. The third kappa shape index (κ3) is 2.15. The Morgan fingerprint density at radius 1 is 1.52 bits per heavy atom. The van der Waals surface area contributed by atoms with Gasteiger partial charge in [-0.1, -0.05) is 24.2 Å². The summed E-state index contributed by atoms with van der Waals surface area (Å²) < 4.78 is 6.69. The van der Waals surface area contributed by atoms with Crippen molar-refractivity contribution in [2.24, 2.45) is 0 Å². The molecule has 1 N–H and O–H groups in total. The average molecular weight is 327 g/mol. The Morgan fingerprint density at radius 3 is 3.17 bits per heavy atom. The van der Waals surface area contributed by atoms with Crippen LogP contribution in [0, 0.1) is 11.8 Å². The summed E-state index contributed by atoms with van der Waals surface area (Å²) in [4.78, 5) is 18.9. The molecule has 2 aliphatic heterocycles. The van der Waals surface area contributed by atoms with Gasteiger partial charge in [0.25, 0.3) is 0 Å². The molecule has 23 heavy (non-hydrogen) atoms. The first-order valence-corrected chi connectivity index (χ1v) is 8.61. The minimum atomic E-state index is -0.164. The van der Waals surface area contributed by atoms with Crippen LogP contribution < -0.4 is 15.0 Å². The second-order valence-corrected chi connectivity index (χ2v) is 6.67. The molecule has 0 spiro atoms. The molecule has 0 bridgehead atoms. The summed E-state index contributed by atoms with van der Waals surface area (Å²) in [6.45, 7) is 4.56. The van der Waals surface area contributed by atoms with Crippen molar-refractivity contribution in [2.45, 2.75) is 38.8 Å². The minimum Gasteiger partial charge on any atom is -0.493 e. The molecule has 3 heterocycles. The standard InChI is InChI=1S/C17H17N3O2S/c1-3-5-12-11(4-2)18-16(21)20(12)17-19-15-10-8-9-22-13(10)6-7-14(15)23-17/h6-7,11-12H,4,8-9H2,1-2H3,(H,18,21). The number of ether oxygens (including phenoxy) is 1. The number of benzene rings is 1. The van der Waals surface area contributed by atoms with Crippen LogP contribution in [-0.2, 0) is 6.42 Å². The van der Waals surface area contributed by atoms with Crippen molar-refractivity contribution in [3.8, 4) is 17.6 Å². The number of hydrogen-bond donors (Lipinski definition) is 1. The summed E-state index contributed by atoms with van der Waals surface area (Å²) in [7, 11) is 0. The number of hydrogen-bond acceptors (Lipinski definition) is 4. The van der Waals surface area contributed by atoms with Crippen LogP contribution in [0.5, 0.6) is 5.75 Å². The van der Waals surface area contributed by atoms with Crippen LogP contribution in [-0.4, -0.2) is 29.7 Å². The Labute approximate surface area is 138 Å². The molecule has 0 radical (unpaired) electrons. The number of amides is 2. The third-order valence-electron chi connectivity index (χ3n) is 4.35. The maximum Gasteiger partial charge on any atom is 0.325 e. The first-order valence-electron chi connectivity index (χ1n) is 7.80. The van der Waals surface area contributed by atoms with E-state index in [4.69, 9.17) is 9.72 Å². The molecular formula is C17H17N3O2S. The molecule has 6 heteroatoms. The van der Waals surface area contributed by atoms with Gasteiger partial charge in [0.1, 0.15) is 11.8 Å². The third-order valence-corrected chi connectivity index (χ3v) is 5.37. The van der Waals surface area contributed by atoms with E-state index in [2.05, 4.69) is 24.1 Å². The number of aromatic nitrogens is 1. The summed E-state index contributed by atoms with van der Waals surface area (Å²) in [5, 5.41) is 3.72. The van der Waals surface area contributed by atoms with Gasteiger partial charge in [0.15, 0.2) is 5.13 Å². The monoisotopic (exact) mass is 327 g/mol. The molecule has 1 aromatic carbocycles. The summed E-state index contributed by atoms with van der Waals surface area (Å²) in [6.07, 6.45) is 1.72. The zero-order chi connectivity index (χ0) is 16.0. The van der Waals surface area contributed by atoms with Crippen molar-refractivity contribution < 1.29 is 9.53 Å². The zero-order valence-electron chi connectivity index (χ0n) is 13.0. The highest BCUT2D eigenvalue weighted by molar-refractivity contribution is 7.22. The summed E-state index contributed by atoms with van der Waals surface area (Å²) in [5.41, 5.74) is 2.10. The second kappa shape index (κ2) is 5.43. The van der Waals surface area contributed by atoms with Crippen LogP contribution in [0.15, 0.2) is 12.1 Å². The molecule has 5 nitrogen and oxygen atoms in total. The number of rotatable bonds is 2. The average Bonchev–Trinajstić information content (AvgIpc) is 3.22. The lowest BCUT2D eigenvalue weighted by atomic mass is 10.1. The predicted octanol–water partition coefficient (Wildman–Crippen LogP) is 2.93. The van der Waals surface area contributed by atoms with E-state index in [0.29, 0.717) is 11.7 Å². The van der Waals surface area contributed by atoms with E-state index in [1.807, 2.05) is 12.1 Å². The normalized spacial score (nSPS) is 22.5. The van der Waals surface area contributed by atoms with E-state index >= 15 is 0 Å². The van der Waals surface area contributed by atoms with Crippen LogP contribution in [0.2, 0.25) is 0 Å². The summed E-state index contributed by atoms with van der Waals surface area (Å²) in [5.74, 6) is 7.01. The first kappa shape index (κ1) is 14.3. The quantitative estimate of drug-likeness (QED) is 0.863. The van der Waals surface area contributed by atoms with Crippen LogP contribution in [0.1, 0.15) is 25.8 Å². The Kier molecular flexibility index (Phi) is 3.38. The fourth-order valence-corrected chi connectivity index (χ4v) is 4.25. The molecule has 2 aromatic rings. The Balaban J connectivity index is 1.81. The zero-order valence-corrected chi connectivity index (χ0v) is 13.9. The lowest BCUT2D eigenvalue weighted by Gasteiger charge is -2.18. The van der Waals surface area contributed by atoms with Crippen molar-refractivity contribution in [3.05, 3.63) is 17.7 Å². The van der Waals surface area contributed by atoms with Crippen LogP contribution in [0.3, 0.4) is 0 Å². The van der Waals surface area contributed by atoms with E-state index < -0.39 is 0 Å². The maximum absolute atomic E-state index is 12.4. The highest BCUT2D eigenvalue weighted by atomic mass is 32.1. The van der Waals surface area contributed by atoms with Gasteiger partial charge in [-0.2, -0.15) is 0 Å². The van der Waals surface area contributed by atoms with Crippen molar-refractivity contribution in [2.75, 3.05) is 11.5 Å². The maximum atomic E-state index is 12.4. The van der Waals surface area contributed by atoms with Gasteiger partial charge in [0.05, 0.1) is 22.9 Å². The van der Waals surface area contributed by atoms with Crippen molar-refractivity contribution >= 4 is 32.7 Å². The molecule has 1 saturated heterocycles. The van der Waals surface area contributed by atoms with Gasteiger partial charge in [-0.3, -0.25) is 4.90 Å². The number of thiazole rings is 1. The van der Waals surface area contributed by atoms with Crippen LogP contribution >= 0.6 is 11.3 Å². The van der Waals surface area contributed by atoms with Gasteiger partial charge in [0, 0.05) is 12.0 Å². The molecule has 1 fully saturated rings. The molecule has 2 aliphatic rings. The lowest BCUT2D eigenvalue weighted by molar-refractivity contribution is 0.250. The molecule has 2 unspecified atom stereocenters. The van der Waals surface area contributed by atoms with Gasteiger partial charge in [-0.05, 0) is 25.5 Å². The molecule has 0 saturated carbocycles. The molecule has 4 rings (SSSR count). The van der Waals surface area contributed by atoms with Gasteiger partial charge in [-0.25, -0.2) is 9.78 Å². The summed E-state index contributed by atoms with van der Waals surface area (Å²) >= 11 is 1.54. The van der Waals surface area contributed by atoms with E-state index in [-0.39, 0.29) is 18.1 Å². The summed E-state index contributed by atoms with van der Waals surface area (Å²) in [6, 6.07) is 3.77. The predicted molar refractivity (Wildman–Crippen MR) is 91.1 cm³/mol. The van der Waals surface area contributed by atoms with Crippen molar-refractivity contribution in [1.82, 2.24) is 10.3 Å².